The van der Waals surface area contributed by atoms with E-state index in [1.54, 1.807) is 0 Å². The number of hydrogen-bond donors (Lipinski definition) is 1. The summed E-state index contributed by atoms with van der Waals surface area (Å²) in [6.07, 6.45) is 0. The number of para-hydroxylation sites is 1. The zero-order valence-electron chi connectivity index (χ0n) is 14.3. The summed E-state index contributed by atoms with van der Waals surface area (Å²) in [5.74, 6) is -1.12. The monoisotopic (exact) mass is 320 g/mol. The van der Waals surface area contributed by atoms with Gasteiger partial charge in [0.25, 0.3) is 11.7 Å². The molecule has 0 saturated carbocycles. The van der Waals surface area contributed by atoms with E-state index in [2.05, 4.69) is 5.32 Å². The minimum atomic E-state index is -0.613. The number of aryl methyl sites for hydroxylation is 3. The summed E-state index contributed by atoms with van der Waals surface area (Å²) in [6, 6.07) is 13.2. The summed E-state index contributed by atoms with van der Waals surface area (Å²) >= 11 is 0. The van der Waals surface area contributed by atoms with Crippen LogP contribution in [-0.4, -0.2) is 16.3 Å². The maximum absolute atomic E-state index is 12.7. The number of rotatable bonds is 3. The zero-order chi connectivity index (χ0) is 17.4. The molecule has 0 fully saturated rings. The Bertz CT molecular complexity index is 967. The van der Waals surface area contributed by atoms with Gasteiger partial charge in [-0.1, -0.05) is 24.3 Å². The van der Waals surface area contributed by atoms with Gasteiger partial charge in [-0.25, -0.2) is 0 Å². The molecular formula is C20H20N2O2. The Morgan fingerprint density at radius 2 is 1.67 bits per heavy atom. The Hall–Kier alpha value is -2.88. The lowest BCUT2D eigenvalue weighted by Crippen LogP contribution is -2.23. The van der Waals surface area contributed by atoms with Crippen molar-refractivity contribution in [1.82, 2.24) is 4.57 Å². The third kappa shape index (κ3) is 2.60. The van der Waals surface area contributed by atoms with Gasteiger partial charge in [0, 0.05) is 29.3 Å². The zero-order valence-corrected chi connectivity index (χ0v) is 14.3. The molecule has 0 unspecified atom stereocenters. The Labute approximate surface area is 141 Å². The molecule has 122 valence electrons. The van der Waals surface area contributed by atoms with Crippen molar-refractivity contribution in [2.75, 3.05) is 5.32 Å². The lowest BCUT2D eigenvalue weighted by molar-refractivity contribution is -0.112. The van der Waals surface area contributed by atoms with Crippen LogP contribution in [0.1, 0.15) is 27.2 Å². The van der Waals surface area contributed by atoms with Crippen molar-refractivity contribution in [2.45, 2.75) is 20.8 Å². The topological polar surface area (TPSA) is 51.1 Å². The first-order valence-corrected chi connectivity index (χ1v) is 7.87. The van der Waals surface area contributed by atoms with Crippen LogP contribution in [0.3, 0.4) is 0 Å². The van der Waals surface area contributed by atoms with Gasteiger partial charge in [0.05, 0.1) is 5.56 Å². The van der Waals surface area contributed by atoms with E-state index in [0.29, 0.717) is 11.3 Å². The molecule has 1 aromatic heterocycles. The number of anilines is 1. The lowest BCUT2D eigenvalue weighted by Gasteiger charge is -2.07. The first kappa shape index (κ1) is 16.0. The van der Waals surface area contributed by atoms with Crippen LogP contribution in [0.2, 0.25) is 0 Å². The molecule has 0 bridgehead atoms. The van der Waals surface area contributed by atoms with Gasteiger partial charge >= 0.3 is 0 Å². The molecule has 0 spiro atoms. The first-order valence-electron chi connectivity index (χ1n) is 7.87. The molecule has 2 aromatic carbocycles. The molecule has 0 saturated heterocycles. The highest BCUT2D eigenvalue weighted by atomic mass is 16.2. The number of amides is 1. The van der Waals surface area contributed by atoms with Crippen molar-refractivity contribution in [3.8, 4) is 0 Å². The van der Waals surface area contributed by atoms with Gasteiger partial charge in [-0.15, -0.1) is 0 Å². The van der Waals surface area contributed by atoms with Crippen LogP contribution in [0.15, 0.2) is 42.5 Å². The summed E-state index contributed by atoms with van der Waals surface area (Å²) in [4.78, 5) is 25.2. The van der Waals surface area contributed by atoms with E-state index in [4.69, 9.17) is 0 Å². The summed E-state index contributed by atoms with van der Waals surface area (Å²) in [5, 5.41) is 3.52. The average Bonchev–Trinajstić information content (AvgIpc) is 2.82. The molecule has 3 aromatic rings. The van der Waals surface area contributed by atoms with Crippen LogP contribution < -0.4 is 5.32 Å². The molecule has 1 amide bonds. The van der Waals surface area contributed by atoms with E-state index < -0.39 is 11.7 Å². The van der Waals surface area contributed by atoms with Gasteiger partial charge in [0.2, 0.25) is 0 Å². The molecule has 1 N–H and O–H groups in total. The maximum atomic E-state index is 12.7. The largest absolute Gasteiger partial charge is 0.347 e. The molecule has 4 nitrogen and oxygen atoms in total. The number of nitrogens with zero attached hydrogens (tertiary/aromatic N) is 1. The van der Waals surface area contributed by atoms with Crippen molar-refractivity contribution in [3.05, 3.63) is 64.8 Å². The third-order valence-electron chi connectivity index (χ3n) is 4.60. The normalized spacial score (nSPS) is 10.8. The smallest absolute Gasteiger partial charge is 0.296 e. The van der Waals surface area contributed by atoms with E-state index in [1.807, 2.05) is 74.9 Å². The number of carbonyl (C=O) groups excluding carboxylic acids is 2. The number of hydrogen-bond acceptors (Lipinski definition) is 2. The van der Waals surface area contributed by atoms with E-state index in [1.165, 1.54) is 0 Å². The molecule has 0 atom stereocenters. The molecule has 0 aliphatic rings. The second-order valence-electron chi connectivity index (χ2n) is 6.12. The number of ketones is 1. The summed E-state index contributed by atoms with van der Waals surface area (Å²) in [5.41, 5.74) is 5.04. The molecule has 0 aliphatic carbocycles. The fourth-order valence-electron chi connectivity index (χ4n) is 2.93. The molecule has 3 rings (SSSR count). The van der Waals surface area contributed by atoms with E-state index in [0.717, 1.165) is 27.7 Å². The number of fused-ring (bicyclic) bond motifs is 1. The van der Waals surface area contributed by atoms with Crippen LogP contribution in [0.25, 0.3) is 10.9 Å². The van der Waals surface area contributed by atoms with Crippen LogP contribution in [0.4, 0.5) is 5.69 Å². The Morgan fingerprint density at radius 3 is 2.38 bits per heavy atom. The summed E-state index contributed by atoms with van der Waals surface area (Å²) in [6.45, 7) is 5.84. The second kappa shape index (κ2) is 5.96. The van der Waals surface area contributed by atoms with Crippen molar-refractivity contribution in [3.63, 3.8) is 0 Å². The van der Waals surface area contributed by atoms with Crippen LogP contribution in [-0.2, 0) is 11.8 Å². The van der Waals surface area contributed by atoms with Gasteiger partial charge in [-0.3, -0.25) is 9.59 Å². The van der Waals surface area contributed by atoms with Crippen molar-refractivity contribution in [1.29, 1.82) is 0 Å². The number of aromatic nitrogens is 1. The molecule has 4 heteroatoms. The standard InChI is InChI=1S/C20H20N2O2/c1-12-9-10-15(11-13(12)2)21-20(24)19(23)18-14(3)22(4)17-8-6-5-7-16(17)18/h5-11H,1-4H3,(H,21,24). The maximum Gasteiger partial charge on any atom is 0.296 e. The average molecular weight is 320 g/mol. The first-order chi connectivity index (χ1) is 11.4. The fourth-order valence-corrected chi connectivity index (χ4v) is 2.93. The van der Waals surface area contributed by atoms with Crippen molar-refractivity contribution in [2.24, 2.45) is 7.05 Å². The molecule has 0 aliphatic heterocycles. The van der Waals surface area contributed by atoms with E-state index >= 15 is 0 Å². The number of carbonyl (C=O) groups is 2. The highest BCUT2D eigenvalue weighted by Gasteiger charge is 2.24. The lowest BCUT2D eigenvalue weighted by atomic mass is 10.1. The van der Waals surface area contributed by atoms with Crippen LogP contribution in [0.5, 0.6) is 0 Å². The Balaban J connectivity index is 1.96. The van der Waals surface area contributed by atoms with Crippen LogP contribution in [0, 0.1) is 20.8 Å². The number of benzene rings is 2. The molecule has 1 heterocycles. The fraction of sp³-hybridized carbons (Fsp3) is 0.200. The van der Waals surface area contributed by atoms with Crippen molar-refractivity contribution < 1.29 is 9.59 Å². The highest BCUT2D eigenvalue weighted by Crippen LogP contribution is 2.25. The number of nitrogens with one attached hydrogen (secondary N) is 1. The van der Waals surface area contributed by atoms with Gasteiger partial charge in [0.15, 0.2) is 0 Å². The summed E-state index contributed by atoms with van der Waals surface area (Å²) in [7, 11) is 1.90. The van der Waals surface area contributed by atoms with Gasteiger partial charge < -0.3 is 9.88 Å². The SMILES string of the molecule is Cc1ccc(NC(=O)C(=O)c2c(C)n(C)c3ccccc23)cc1C. The van der Waals surface area contributed by atoms with E-state index in [-0.39, 0.29) is 0 Å². The Kier molecular flexibility index (Phi) is 3.97. The van der Waals surface area contributed by atoms with Crippen molar-refractivity contribution >= 4 is 28.3 Å². The van der Waals surface area contributed by atoms with Gasteiger partial charge in [0.1, 0.15) is 0 Å². The minimum absolute atomic E-state index is 0.467. The van der Waals surface area contributed by atoms with Gasteiger partial charge in [-0.05, 0) is 50.1 Å². The van der Waals surface area contributed by atoms with Gasteiger partial charge in [-0.2, -0.15) is 0 Å². The van der Waals surface area contributed by atoms with E-state index in [9.17, 15) is 9.59 Å². The predicted molar refractivity (Wildman–Crippen MR) is 96.5 cm³/mol. The molecule has 0 radical (unpaired) electrons. The predicted octanol–water partition coefficient (Wildman–Crippen LogP) is 3.92. The quantitative estimate of drug-likeness (QED) is 0.587. The summed E-state index contributed by atoms with van der Waals surface area (Å²) < 4.78 is 1.94. The highest BCUT2D eigenvalue weighted by molar-refractivity contribution is 6.48. The third-order valence-corrected chi connectivity index (χ3v) is 4.60. The molecular weight excluding hydrogens is 300 g/mol. The molecule has 24 heavy (non-hydrogen) atoms. The minimum Gasteiger partial charge on any atom is -0.347 e. The van der Waals surface area contributed by atoms with Crippen LogP contribution >= 0.6 is 0 Å². The second-order valence-corrected chi connectivity index (χ2v) is 6.12. The Morgan fingerprint density at radius 1 is 0.958 bits per heavy atom. The number of Topliss-reactive ketones (excluding diaryl/α,β-unsaturated/α-hetero) is 1.